The maximum Gasteiger partial charge on any atom is 0.118 e. The predicted molar refractivity (Wildman–Crippen MR) is 79.7 cm³/mol. The molecule has 19 heavy (non-hydrogen) atoms. The molecule has 0 amide bonds. The molecule has 108 valence electrons. The number of ether oxygens (including phenoxy) is 2. The Bertz CT molecular complexity index is 348. The lowest BCUT2D eigenvalue weighted by atomic mass is 10.1. The Morgan fingerprint density at radius 1 is 1.11 bits per heavy atom. The first-order chi connectivity index (χ1) is 9.06. The van der Waals surface area contributed by atoms with Crippen molar-refractivity contribution in [3.8, 4) is 5.75 Å². The number of methoxy groups -OCH3 is 1. The molecule has 0 spiro atoms. The first kappa shape index (κ1) is 16.0. The van der Waals surface area contributed by atoms with Gasteiger partial charge in [-0.05, 0) is 44.0 Å². The van der Waals surface area contributed by atoms with Crippen molar-refractivity contribution in [1.82, 2.24) is 5.32 Å². The summed E-state index contributed by atoms with van der Waals surface area (Å²) in [4.78, 5) is 0. The largest absolute Gasteiger partial charge is 0.497 e. The van der Waals surface area contributed by atoms with Crippen LogP contribution in [0, 0.1) is 5.92 Å². The highest BCUT2D eigenvalue weighted by atomic mass is 16.5. The summed E-state index contributed by atoms with van der Waals surface area (Å²) in [7, 11) is 3.63. The fourth-order valence-electron chi connectivity index (χ4n) is 2.25. The number of rotatable bonds is 8. The summed E-state index contributed by atoms with van der Waals surface area (Å²) in [6, 6.07) is 8.11. The highest BCUT2D eigenvalue weighted by Gasteiger charge is 2.16. The maximum atomic E-state index is 6.16. The number of hydrogen-bond donors (Lipinski definition) is 1. The van der Waals surface area contributed by atoms with Crippen molar-refractivity contribution in [3.05, 3.63) is 29.8 Å². The molecule has 1 rings (SSSR count). The van der Waals surface area contributed by atoms with Gasteiger partial charge in [-0.2, -0.15) is 0 Å². The van der Waals surface area contributed by atoms with Crippen molar-refractivity contribution in [2.24, 2.45) is 5.92 Å². The van der Waals surface area contributed by atoms with Crippen LogP contribution < -0.4 is 10.1 Å². The SMILES string of the molecule is CNCC(OC(C)CC(C)C)c1ccc(OC)cc1. The highest BCUT2D eigenvalue weighted by Crippen LogP contribution is 2.23. The van der Waals surface area contributed by atoms with Gasteiger partial charge in [0.05, 0.1) is 19.3 Å². The normalized spacial score (nSPS) is 14.4. The Kier molecular flexibility index (Phi) is 6.89. The van der Waals surface area contributed by atoms with Crippen molar-refractivity contribution in [2.75, 3.05) is 20.7 Å². The minimum Gasteiger partial charge on any atom is -0.497 e. The summed E-state index contributed by atoms with van der Waals surface area (Å²) < 4.78 is 11.3. The maximum absolute atomic E-state index is 6.16. The fraction of sp³-hybridized carbons (Fsp3) is 0.625. The predicted octanol–water partition coefficient (Wildman–Crippen LogP) is 3.41. The molecule has 2 atom stereocenters. The van der Waals surface area contributed by atoms with Gasteiger partial charge in [-0.1, -0.05) is 26.0 Å². The molecule has 0 saturated carbocycles. The van der Waals surface area contributed by atoms with Crippen molar-refractivity contribution in [3.63, 3.8) is 0 Å². The first-order valence-electron chi connectivity index (χ1n) is 7.00. The smallest absolute Gasteiger partial charge is 0.118 e. The molecule has 0 aliphatic heterocycles. The molecule has 1 N–H and O–H groups in total. The minimum absolute atomic E-state index is 0.0876. The molecule has 3 heteroatoms. The second kappa shape index (κ2) is 8.18. The lowest BCUT2D eigenvalue weighted by Gasteiger charge is -2.24. The average molecular weight is 265 g/mol. The van der Waals surface area contributed by atoms with E-state index in [1.165, 1.54) is 5.56 Å². The van der Waals surface area contributed by atoms with Crippen molar-refractivity contribution >= 4 is 0 Å². The Morgan fingerprint density at radius 2 is 1.74 bits per heavy atom. The molecule has 0 aromatic heterocycles. The van der Waals surface area contributed by atoms with E-state index >= 15 is 0 Å². The van der Waals surface area contributed by atoms with Gasteiger partial charge >= 0.3 is 0 Å². The third-order valence-corrected chi connectivity index (χ3v) is 3.08. The standard InChI is InChI=1S/C16H27NO2/c1-12(2)10-13(3)19-16(11-17-4)14-6-8-15(18-5)9-7-14/h6-9,12-13,16-17H,10-11H2,1-5H3. The van der Waals surface area contributed by atoms with Crippen molar-refractivity contribution in [2.45, 2.75) is 39.4 Å². The van der Waals surface area contributed by atoms with Gasteiger partial charge in [0.1, 0.15) is 5.75 Å². The Balaban J connectivity index is 2.69. The zero-order chi connectivity index (χ0) is 14.3. The van der Waals surface area contributed by atoms with Gasteiger partial charge in [-0.25, -0.2) is 0 Å². The van der Waals surface area contributed by atoms with Crippen LogP contribution in [0.2, 0.25) is 0 Å². The van der Waals surface area contributed by atoms with Crippen LogP contribution in [0.15, 0.2) is 24.3 Å². The van der Waals surface area contributed by atoms with E-state index in [-0.39, 0.29) is 12.2 Å². The quantitative estimate of drug-likeness (QED) is 0.781. The Hall–Kier alpha value is -1.06. The van der Waals surface area contributed by atoms with E-state index in [1.54, 1.807) is 7.11 Å². The van der Waals surface area contributed by atoms with E-state index in [0.29, 0.717) is 5.92 Å². The molecule has 0 aliphatic carbocycles. The van der Waals surface area contributed by atoms with Crippen LogP contribution in [-0.2, 0) is 4.74 Å². The average Bonchev–Trinajstić information content (AvgIpc) is 2.37. The van der Waals surface area contributed by atoms with Crippen molar-refractivity contribution < 1.29 is 9.47 Å². The fourth-order valence-corrected chi connectivity index (χ4v) is 2.25. The summed E-state index contributed by atoms with van der Waals surface area (Å²) in [6.07, 6.45) is 1.43. The third kappa shape index (κ3) is 5.62. The molecule has 0 aliphatic rings. The number of hydrogen-bond acceptors (Lipinski definition) is 3. The zero-order valence-corrected chi connectivity index (χ0v) is 12.8. The molecular formula is C16H27NO2. The molecule has 0 bridgehead atoms. The van der Waals surface area contributed by atoms with Gasteiger partial charge in [0.2, 0.25) is 0 Å². The van der Waals surface area contributed by atoms with Gasteiger partial charge in [-0.15, -0.1) is 0 Å². The topological polar surface area (TPSA) is 30.5 Å². The molecule has 1 aromatic carbocycles. The van der Waals surface area contributed by atoms with E-state index in [9.17, 15) is 0 Å². The second-order valence-electron chi connectivity index (χ2n) is 5.40. The Morgan fingerprint density at radius 3 is 2.21 bits per heavy atom. The molecular weight excluding hydrogens is 238 g/mol. The van der Waals surface area contributed by atoms with Gasteiger partial charge in [-0.3, -0.25) is 0 Å². The van der Waals surface area contributed by atoms with E-state index in [4.69, 9.17) is 9.47 Å². The minimum atomic E-state index is 0.0876. The van der Waals surface area contributed by atoms with Crippen LogP contribution in [0.25, 0.3) is 0 Å². The van der Waals surface area contributed by atoms with Gasteiger partial charge in [0, 0.05) is 6.54 Å². The summed E-state index contributed by atoms with van der Waals surface area (Å²) in [6.45, 7) is 7.40. The molecule has 3 nitrogen and oxygen atoms in total. The number of likely N-dealkylation sites (N-methyl/N-ethyl adjacent to an activating group) is 1. The highest BCUT2D eigenvalue weighted by molar-refractivity contribution is 5.28. The third-order valence-electron chi connectivity index (χ3n) is 3.08. The number of benzene rings is 1. The van der Waals surface area contributed by atoms with Gasteiger partial charge in [0.25, 0.3) is 0 Å². The summed E-state index contributed by atoms with van der Waals surface area (Å²) >= 11 is 0. The van der Waals surface area contributed by atoms with Crippen LogP contribution in [0.1, 0.15) is 38.9 Å². The van der Waals surface area contributed by atoms with Crippen LogP contribution in [-0.4, -0.2) is 26.8 Å². The number of nitrogens with one attached hydrogen (secondary N) is 1. The van der Waals surface area contributed by atoms with Gasteiger partial charge in [0.15, 0.2) is 0 Å². The summed E-state index contributed by atoms with van der Waals surface area (Å²) in [5.41, 5.74) is 1.19. The molecule has 0 fully saturated rings. The van der Waals surface area contributed by atoms with E-state index in [1.807, 2.05) is 19.2 Å². The monoisotopic (exact) mass is 265 g/mol. The van der Waals surface area contributed by atoms with Crippen LogP contribution in [0.5, 0.6) is 5.75 Å². The summed E-state index contributed by atoms with van der Waals surface area (Å²) in [5.74, 6) is 1.53. The van der Waals surface area contributed by atoms with Crippen LogP contribution in [0.4, 0.5) is 0 Å². The molecule has 0 heterocycles. The second-order valence-corrected chi connectivity index (χ2v) is 5.40. The first-order valence-corrected chi connectivity index (χ1v) is 7.00. The molecule has 1 aromatic rings. The van der Waals surface area contributed by atoms with Gasteiger partial charge < -0.3 is 14.8 Å². The molecule has 0 radical (unpaired) electrons. The van der Waals surface area contributed by atoms with Crippen molar-refractivity contribution in [1.29, 1.82) is 0 Å². The Labute approximate surface area is 117 Å². The summed E-state index contributed by atoms with van der Waals surface area (Å²) in [5, 5.41) is 3.20. The molecule has 0 saturated heterocycles. The van der Waals surface area contributed by atoms with E-state index < -0.39 is 0 Å². The van der Waals surface area contributed by atoms with E-state index in [0.717, 1.165) is 18.7 Å². The zero-order valence-electron chi connectivity index (χ0n) is 12.8. The molecule has 2 unspecified atom stereocenters. The lowest BCUT2D eigenvalue weighted by molar-refractivity contribution is -0.0117. The van der Waals surface area contributed by atoms with Crippen LogP contribution in [0.3, 0.4) is 0 Å². The lowest BCUT2D eigenvalue weighted by Crippen LogP contribution is -2.24. The van der Waals surface area contributed by atoms with Crippen LogP contribution >= 0.6 is 0 Å². The van der Waals surface area contributed by atoms with E-state index in [2.05, 4.69) is 38.2 Å².